The van der Waals surface area contributed by atoms with Gasteiger partial charge in [0.2, 0.25) is 0 Å². The third-order valence-corrected chi connectivity index (χ3v) is 4.88. The molecule has 1 aromatic rings. The number of hydrogen-bond acceptors (Lipinski definition) is 3. The fourth-order valence-electron chi connectivity index (χ4n) is 2.83. The number of nitrogens with zero attached hydrogens (tertiary/aromatic N) is 1. The molecule has 2 unspecified atom stereocenters. The van der Waals surface area contributed by atoms with E-state index < -0.39 is 0 Å². The first-order valence-electron chi connectivity index (χ1n) is 7.07. The molecule has 0 spiro atoms. The molecule has 0 aromatic carbocycles. The van der Waals surface area contributed by atoms with Crippen LogP contribution in [0.1, 0.15) is 42.4 Å². The van der Waals surface area contributed by atoms with Crippen LogP contribution in [-0.4, -0.2) is 29.7 Å². The Labute approximate surface area is 120 Å². The lowest BCUT2D eigenvalue weighted by molar-refractivity contribution is 0.159. The highest BCUT2D eigenvalue weighted by Crippen LogP contribution is 2.28. The predicted molar refractivity (Wildman–Crippen MR) is 81.2 cm³/mol. The summed E-state index contributed by atoms with van der Waals surface area (Å²) in [7, 11) is 2.24. The summed E-state index contributed by atoms with van der Waals surface area (Å²) in [6.45, 7) is 3.32. The van der Waals surface area contributed by atoms with Crippen LogP contribution in [0.3, 0.4) is 0 Å². The molecule has 1 fully saturated rings. The molecule has 0 radical (unpaired) electrons. The molecule has 104 valence electrons. The van der Waals surface area contributed by atoms with Gasteiger partial charge >= 0.3 is 0 Å². The largest absolute Gasteiger partial charge is 0.384 e. The van der Waals surface area contributed by atoms with Crippen LogP contribution in [0.25, 0.3) is 0 Å². The van der Waals surface area contributed by atoms with Gasteiger partial charge in [0.05, 0.1) is 4.88 Å². The molecule has 2 nitrogen and oxygen atoms in total. The maximum atomic E-state index is 8.70. The summed E-state index contributed by atoms with van der Waals surface area (Å²) < 4.78 is 0. The highest BCUT2D eigenvalue weighted by molar-refractivity contribution is 7.12. The number of aliphatic hydroxyl groups is 1. The summed E-state index contributed by atoms with van der Waals surface area (Å²) in [5.74, 6) is 6.55. The Hall–Kier alpha value is -0.820. The average Bonchev–Trinajstić information content (AvgIpc) is 2.84. The maximum Gasteiger partial charge on any atom is 0.104 e. The maximum absolute atomic E-state index is 8.70. The Morgan fingerprint density at radius 3 is 3.00 bits per heavy atom. The summed E-state index contributed by atoms with van der Waals surface area (Å²) >= 11 is 1.74. The second kappa shape index (κ2) is 7.09. The lowest BCUT2D eigenvalue weighted by Gasteiger charge is -2.33. The summed E-state index contributed by atoms with van der Waals surface area (Å²) in [6.07, 6.45) is 5.43. The lowest BCUT2D eigenvalue weighted by atomic mass is 9.86. The molecule has 2 rings (SSSR count). The van der Waals surface area contributed by atoms with Gasteiger partial charge in [-0.15, -0.1) is 11.3 Å². The fourth-order valence-corrected chi connectivity index (χ4v) is 3.78. The second-order valence-corrected chi connectivity index (χ2v) is 6.73. The third kappa shape index (κ3) is 4.35. The highest BCUT2D eigenvalue weighted by Gasteiger charge is 2.22. The molecular weight excluding hydrogens is 254 g/mol. The zero-order valence-electron chi connectivity index (χ0n) is 11.9. The van der Waals surface area contributed by atoms with Gasteiger partial charge in [-0.2, -0.15) is 0 Å². The lowest BCUT2D eigenvalue weighted by Crippen LogP contribution is -2.34. The third-order valence-electron chi connectivity index (χ3n) is 3.89. The van der Waals surface area contributed by atoms with Crippen molar-refractivity contribution < 1.29 is 5.11 Å². The minimum Gasteiger partial charge on any atom is -0.384 e. The van der Waals surface area contributed by atoms with Crippen LogP contribution in [0, 0.1) is 17.8 Å². The first-order chi connectivity index (χ1) is 9.19. The van der Waals surface area contributed by atoms with Gasteiger partial charge in [0.15, 0.2) is 0 Å². The minimum atomic E-state index is -0.0624. The van der Waals surface area contributed by atoms with E-state index in [0.717, 1.165) is 23.4 Å². The first-order valence-corrected chi connectivity index (χ1v) is 7.89. The molecule has 1 saturated carbocycles. The molecule has 2 atom stereocenters. The summed E-state index contributed by atoms with van der Waals surface area (Å²) in [5.41, 5.74) is 0. The highest BCUT2D eigenvalue weighted by atomic mass is 32.1. The van der Waals surface area contributed by atoms with Crippen molar-refractivity contribution in [3.05, 3.63) is 21.9 Å². The normalized spacial score (nSPS) is 23.2. The van der Waals surface area contributed by atoms with E-state index in [9.17, 15) is 0 Å². The number of thiophene rings is 1. The van der Waals surface area contributed by atoms with Crippen molar-refractivity contribution in [1.29, 1.82) is 0 Å². The van der Waals surface area contributed by atoms with Crippen LogP contribution < -0.4 is 0 Å². The molecule has 1 aliphatic rings. The van der Waals surface area contributed by atoms with Crippen molar-refractivity contribution in [2.24, 2.45) is 5.92 Å². The Bertz CT molecular complexity index is 457. The molecule has 0 amide bonds. The minimum absolute atomic E-state index is 0.0624. The molecule has 1 N–H and O–H groups in total. The van der Waals surface area contributed by atoms with E-state index in [4.69, 9.17) is 5.11 Å². The summed E-state index contributed by atoms with van der Waals surface area (Å²) in [4.78, 5) is 4.91. The van der Waals surface area contributed by atoms with E-state index in [0.29, 0.717) is 0 Å². The van der Waals surface area contributed by atoms with Gasteiger partial charge in [-0.05, 0) is 37.9 Å². The van der Waals surface area contributed by atoms with E-state index in [-0.39, 0.29) is 6.61 Å². The smallest absolute Gasteiger partial charge is 0.104 e. The van der Waals surface area contributed by atoms with Gasteiger partial charge in [-0.1, -0.05) is 31.6 Å². The Morgan fingerprint density at radius 1 is 1.42 bits per heavy atom. The van der Waals surface area contributed by atoms with Gasteiger partial charge < -0.3 is 5.11 Å². The van der Waals surface area contributed by atoms with E-state index >= 15 is 0 Å². The Balaban J connectivity index is 1.91. The van der Waals surface area contributed by atoms with Crippen molar-refractivity contribution in [2.45, 2.75) is 45.2 Å². The number of aliphatic hydroxyl groups excluding tert-OH is 1. The van der Waals surface area contributed by atoms with Gasteiger partial charge in [0.1, 0.15) is 6.61 Å². The molecule has 0 bridgehead atoms. The van der Waals surface area contributed by atoms with Crippen LogP contribution in [0.2, 0.25) is 0 Å². The van der Waals surface area contributed by atoms with Crippen molar-refractivity contribution in [3.63, 3.8) is 0 Å². The van der Waals surface area contributed by atoms with Crippen LogP contribution in [0.4, 0.5) is 0 Å². The van der Waals surface area contributed by atoms with E-state index in [2.05, 4.69) is 42.8 Å². The molecular formula is C16H23NOS. The van der Waals surface area contributed by atoms with Crippen molar-refractivity contribution in [1.82, 2.24) is 4.90 Å². The molecule has 0 aliphatic heterocycles. The molecule has 1 heterocycles. The summed E-state index contributed by atoms with van der Waals surface area (Å²) in [5, 5.41) is 8.70. The molecule has 1 aliphatic carbocycles. The van der Waals surface area contributed by atoms with Crippen LogP contribution in [0.15, 0.2) is 12.1 Å². The van der Waals surface area contributed by atoms with Gasteiger partial charge in [-0.25, -0.2) is 0 Å². The quantitative estimate of drug-likeness (QED) is 0.858. The van der Waals surface area contributed by atoms with Crippen LogP contribution >= 0.6 is 11.3 Å². The first kappa shape index (κ1) is 14.6. The number of hydrogen-bond donors (Lipinski definition) is 1. The molecule has 19 heavy (non-hydrogen) atoms. The Morgan fingerprint density at radius 2 is 2.26 bits per heavy atom. The van der Waals surface area contributed by atoms with Gasteiger partial charge in [0, 0.05) is 17.5 Å². The molecule has 1 aromatic heterocycles. The van der Waals surface area contributed by atoms with Crippen molar-refractivity contribution >= 4 is 11.3 Å². The summed E-state index contributed by atoms with van der Waals surface area (Å²) in [6, 6.07) is 4.95. The SMILES string of the molecule is CC1CCCC(N(C)Cc2ccc(C#CCO)s2)C1. The van der Waals surface area contributed by atoms with E-state index in [1.165, 1.54) is 30.6 Å². The van der Waals surface area contributed by atoms with E-state index in [1.807, 2.05) is 0 Å². The van der Waals surface area contributed by atoms with Crippen LogP contribution in [0.5, 0.6) is 0 Å². The fraction of sp³-hybridized carbons (Fsp3) is 0.625. The average molecular weight is 277 g/mol. The Kier molecular flexibility index (Phi) is 5.45. The predicted octanol–water partition coefficient (Wildman–Crippen LogP) is 3.10. The van der Waals surface area contributed by atoms with Crippen molar-refractivity contribution in [3.8, 4) is 11.8 Å². The van der Waals surface area contributed by atoms with E-state index in [1.54, 1.807) is 11.3 Å². The second-order valence-electron chi connectivity index (χ2n) is 5.57. The van der Waals surface area contributed by atoms with Crippen LogP contribution in [-0.2, 0) is 6.54 Å². The number of rotatable bonds is 3. The molecule has 0 saturated heterocycles. The zero-order valence-corrected chi connectivity index (χ0v) is 12.7. The molecule has 3 heteroatoms. The van der Waals surface area contributed by atoms with Crippen molar-refractivity contribution in [2.75, 3.05) is 13.7 Å². The topological polar surface area (TPSA) is 23.5 Å². The monoisotopic (exact) mass is 277 g/mol. The standard InChI is InChI=1S/C16H23NOS/c1-13-5-3-6-14(11-13)17(2)12-16-9-8-15(19-16)7-4-10-18/h8-9,13-14,18H,3,5-6,10-12H2,1-2H3. The van der Waals surface area contributed by atoms with Gasteiger partial charge in [-0.3, -0.25) is 4.90 Å². The zero-order chi connectivity index (χ0) is 13.7. The van der Waals surface area contributed by atoms with Gasteiger partial charge in [0.25, 0.3) is 0 Å².